The Balaban J connectivity index is 1.45. The number of rotatable bonds is 3. The Bertz CT molecular complexity index is 1730. The van der Waals surface area contributed by atoms with Crippen LogP contribution < -0.4 is 0 Å². The molecule has 0 radical (unpaired) electrons. The summed E-state index contributed by atoms with van der Waals surface area (Å²) < 4.78 is 0. The first kappa shape index (κ1) is 25.1. The first-order valence-electron chi connectivity index (χ1n) is 13.7. The lowest BCUT2D eigenvalue weighted by Crippen LogP contribution is -2.11. The summed E-state index contributed by atoms with van der Waals surface area (Å²) in [5.41, 5.74) is 9.35. The molecule has 0 saturated carbocycles. The number of nitrogens with one attached hydrogen (secondary N) is 1. The summed E-state index contributed by atoms with van der Waals surface area (Å²) in [6, 6.07) is 34.5. The third kappa shape index (κ3) is 4.63. The van der Waals surface area contributed by atoms with Gasteiger partial charge >= 0.3 is 0 Å². The number of aromatic nitrogens is 1. The quantitative estimate of drug-likeness (QED) is 0.252. The standard InChI is InChI=1S/C36H35N3/c1-35(2,3)25-19-15-23(16-20-25)31-27-11-7-9-13-29(27)33(37-31)39-34-30-14-10-8-12-28(30)32(38-34)24-17-21-26(22-18-24)36(4,5)6/h7-22,37H,1-6H3. The van der Waals surface area contributed by atoms with Crippen LogP contribution >= 0.6 is 0 Å². The summed E-state index contributed by atoms with van der Waals surface area (Å²) in [6.45, 7) is 13.4. The molecule has 1 N–H and O–H groups in total. The zero-order valence-electron chi connectivity index (χ0n) is 23.6. The minimum Gasteiger partial charge on any atom is -0.339 e. The minimum atomic E-state index is 0.111. The van der Waals surface area contributed by atoms with Crippen LogP contribution in [-0.2, 0) is 10.8 Å². The third-order valence-corrected chi connectivity index (χ3v) is 7.62. The second kappa shape index (κ2) is 9.20. The van der Waals surface area contributed by atoms with Gasteiger partial charge in [0.05, 0.1) is 11.4 Å². The van der Waals surface area contributed by atoms with Crippen LogP contribution in [0.4, 0.5) is 5.82 Å². The van der Waals surface area contributed by atoms with E-state index >= 15 is 0 Å². The second-order valence-electron chi connectivity index (χ2n) is 12.5. The topological polar surface area (TPSA) is 40.5 Å². The summed E-state index contributed by atoms with van der Waals surface area (Å²) in [6.07, 6.45) is 0. The van der Waals surface area contributed by atoms with Crippen molar-refractivity contribution in [3.63, 3.8) is 0 Å². The lowest BCUT2D eigenvalue weighted by Gasteiger charge is -2.19. The maximum absolute atomic E-state index is 5.14. The Morgan fingerprint density at radius 2 is 1.08 bits per heavy atom. The molecule has 194 valence electrons. The van der Waals surface area contributed by atoms with Gasteiger partial charge < -0.3 is 4.98 Å². The summed E-state index contributed by atoms with van der Waals surface area (Å²) in [5.74, 6) is 1.57. The Morgan fingerprint density at radius 1 is 0.564 bits per heavy atom. The van der Waals surface area contributed by atoms with Gasteiger partial charge in [0.1, 0.15) is 5.82 Å². The molecule has 0 bridgehead atoms. The number of aromatic amines is 1. The van der Waals surface area contributed by atoms with Gasteiger partial charge in [0.15, 0.2) is 5.84 Å². The highest BCUT2D eigenvalue weighted by Gasteiger charge is 2.24. The van der Waals surface area contributed by atoms with Gasteiger partial charge in [-0.15, -0.1) is 0 Å². The van der Waals surface area contributed by atoms with Gasteiger partial charge in [-0.25, -0.2) is 9.98 Å². The first-order chi connectivity index (χ1) is 18.6. The zero-order valence-corrected chi connectivity index (χ0v) is 23.6. The normalized spacial score (nSPS) is 14.6. The SMILES string of the molecule is CC(C)(C)c1ccc(C2=NC(=Nc3[nH]c(-c4ccc(C(C)(C)C)cc4)c4ccccc34)c3ccccc32)cc1. The van der Waals surface area contributed by atoms with Crippen LogP contribution in [0.2, 0.25) is 0 Å². The maximum Gasteiger partial charge on any atom is 0.162 e. The van der Waals surface area contributed by atoms with E-state index in [1.807, 2.05) is 0 Å². The van der Waals surface area contributed by atoms with Crippen molar-refractivity contribution in [3.05, 3.63) is 125 Å². The zero-order chi connectivity index (χ0) is 27.4. The van der Waals surface area contributed by atoms with E-state index in [9.17, 15) is 0 Å². The lowest BCUT2D eigenvalue weighted by atomic mass is 9.86. The number of H-pyrrole nitrogens is 1. The van der Waals surface area contributed by atoms with Crippen molar-refractivity contribution in [2.75, 3.05) is 0 Å². The van der Waals surface area contributed by atoms with E-state index in [2.05, 4.69) is 144 Å². The van der Waals surface area contributed by atoms with Gasteiger partial charge in [0, 0.05) is 27.5 Å². The molecule has 6 rings (SSSR count). The van der Waals surface area contributed by atoms with Crippen LogP contribution in [0.5, 0.6) is 0 Å². The van der Waals surface area contributed by atoms with E-state index in [-0.39, 0.29) is 10.8 Å². The Labute approximate surface area is 231 Å². The van der Waals surface area contributed by atoms with Crippen molar-refractivity contribution in [2.45, 2.75) is 52.4 Å². The fraction of sp³-hybridized carbons (Fsp3) is 0.222. The second-order valence-corrected chi connectivity index (χ2v) is 12.5. The number of amidine groups is 1. The summed E-state index contributed by atoms with van der Waals surface area (Å²) in [4.78, 5) is 13.9. The fourth-order valence-corrected chi connectivity index (χ4v) is 5.26. The van der Waals surface area contributed by atoms with Crippen molar-refractivity contribution >= 4 is 28.1 Å². The number of benzene rings is 4. The Morgan fingerprint density at radius 3 is 1.67 bits per heavy atom. The van der Waals surface area contributed by atoms with Crippen LogP contribution in [0, 0.1) is 0 Å². The molecule has 2 heterocycles. The van der Waals surface area contributed by atoms with Crippen molar-refractivity contribution in [1.29, 1.82) is 0 Å². The van der Waals surface area contributed by atoms with Crippen molar-refractivity contribution in [1.82, 2.24) is 4.98 Å². The smallest absolute Gasteiger partial charge is 0.162 e. The molecule has 1 aliphatic rings. The molecular formula is C36H35N3. The van der Waals surface area contributed by atoms with Gasteiger partial charge in [0.25, 0.3) is 0 Å². The van der Waals surface area contributed by atoms with Crippen LogP contribution in [0.3, 0.4) is 0 Å². The molecule has 0 spiro atoms. The summed E-state index contributed by atoms with van der Waals surface area (Å²) >= 11 is 0. The molecule has 0 saturated heterocycles. The van der Waals surface area contributed by atoms with E-state index in [4.69, 9.17) is 9.98 Å². The molecule has 3 nitrogen and oxygen atoms in total. The highest BCUT2D eigenvalue weighted by atomic mass is 15.0. The predicted molar refractivity (Wildman–Crippen MR) is 166 cm³/mol. The third-order valence-electron chi connectivity index (χ3n) is 7.62. The molecule has 0 amide bonds. The highest BCUT2D eigenvalue weighted by molar-refractivity contribution is 6.29. The number of fused-ring (bicyclic) bond motifs is 2. The number of hydrogen-bond donors (Lipinski definition) is 1. The minimum absolute atomic E-state index is 0.111. The molecule has 0 atom stereocenters. The molecule has 5 aromatic rings. The molecule has 4 aromatic carbocycles. The Kier molecular flexibility index (Phi) is 5.91. The lowest BCUT2D eigenvalue weighted by molar-refractivity contribution is 0.590. The number of nitrogens with zero attached hydrogens (tertiary/aromatic N) is 2. The van der Waals surface area contributed by atoms with Crippen molar-refractivity contribution in [2.24, 2.45) is 9.98 Å². The average Bonchev–Trinajstić information content (AvgIpc) is 3.47. The summed E-state index contributed by atoms with van der Waals surface area (Å²) in [5, 5.41) is 2.25. The van der Waals surface area contributed by atoms with Crippen molar-refractivity contribution < 1.29 is 0 Å². The molecule has 39 heavy (non-hydrogen) atoms. The van der Waals surface area contributed by atoms with Gasteiger partial charge in [-0.1, -0.05) is 139 Å². The van der Waals surface area contributed by atoms with Gasteiger partial charge in [-0.2, -0.15) is 0 Å². The molecule has 0 fully saturated rings. The average molecular weight is 510 g/mol. The molecular weight excluding hydrogens is 474 g/mol. The molecule has 0 unspecified atom stereocenters. The van der Waals surface area contributed by atoms with E-state index < -0.39 is 0 Å². The largest absolute Gasteiger partial charge is 0.339 e. The molecule has 0 aliphatic carbocycles. The molecule has 3 heteroatoms. The molecule has 1 aromatic heterocycles. The van der Waals surface area contributed by atoms with Crippen LogP contribution in [0.25, 0.3) is 22.0 Å². The van der Waals surface area contributed by atoms with Gasteiger partial charge in [0.2, 0.25) is 0 Å². The number of aliphatic imine (C=N–C) groups is 2. The van der Waals surface area contributed by atoms with E-state index in [0.29, 0.717) is 0 Å². The van der Waals surface area contributed by atoms with Crippen LogP contribution in [0.1, 0.15) is 69.4 Å². The van der Waals surface area contributed by atoms with Gasteiger partial charge in [-0.3, -0.25) is 0 Å². The van der Waals surface area contributed by atoms with E-state index in [1.165, 1.54) is 11.1 Å². The Hall–Kier alpha value is -4.24. The summed E-state index contributed by atoms with van der Waals surface area (Å²) in [7, 11) is 0. The fourth-order valence-electron chi connectivity index (χ4n) is 5.26. The predicted octanol–water partition coefficient (Wildman–Crippen LogP) is 9.36. The van der Waals surface area contributed by atoms with Gasteiger partial charge in [-0.05, 0) is 27.5 Å². The monoisotopic (exact) mass is 509 g/mol. The maximum atomic E-state index is 5.14. The number of hydrogen-bond acceptors (Lipinski definition) is 1. The van der Waals surface area contributed by atoms with Crippen LogP contribution in [0.15, 0.2) is 107 Å². The van der Waals surface area contributed by atoms with E-state index in [0.717, 1.165) is 56.1 Å². The first-order valence-corrected chi connectivity index (χ1v) is 13.7. The van der Waals surface area contributed by atoms with E-state index in [1.54, 1.807) is 0 Å². The van der Waals surface area contributed by atoms with Crippen molar-refractivity contribution in [3.8, 4) is 11.3 Å². The van der Waals surface area contributed by atoms with Crippen LogP contribution in [-0.4, -0.2) is 16.5 Å². The highest BCUT2D eigenvalue weighted by Crippen LogP contribution is 2.37. The molecule has 1 aliphatic heterocycles.